The van der Waals surface area contributed by atoms with Crippen molar-refractivity contribution in [3.05, 3.63) is 111 Å². The lowest BCUT2D eigenvalue weighted by Crippen LogP contribution is -1.91. The number of nitrogens with zero attached hydrogens (tertiary/aromatic N) is 1. The second kappa shape index (κ2) is 5.78. The molecule has 0 unspecified atom stereocenters. The molecule has 0 N–H and O–H groups in total. The van der Waals surface area contributed by atoms with Gasteiger partial charge in [-0.05, 0) is 52.0 Å². The Labute approximate surface area is 140 Å². The van der Waals surface area contributed by atoms with Crippen molar-refractivity contribution in [2.24, 2.45) is 0 Å². The zero-order chi connectivity index (χ0) is 16.5. The molecule has 0 aliphatic heterocycles. The molecule has 4 rings (SSSR count). The summed E-state index contributed by atoms with van der Waals surface area (Å²) in [5.74, 6) is 0. The summed E-state index contributed by atoms with van der Waals surface area (Å²) in [6, 6.07) is 25.5. The van der Waals surface area contributed by atoms with E-state index >= 15 is 0 Å². The summed E-state index contributed by atoms with van der Waals surface area (Å²) in [6.07, 6.45) is 0.881. The Morgan fingerprint density at radius 2 is 1.42 bits per heavy atom. The molecule has 0 aromatic heterocycles. The molecule has 0 amide bonds. The number of allylic oxidation sites excluding steroid dienone is 1. The van der Waals surface area contributed by atoms with E-state index in [1.165, 1.54) is 27.8 Å². The van der Waals surface area contributed by atoms with Crippen LogP contribution in [0.4, 0.5) is 5.69 Å². The van der Waals surface area contributed by atoms with Crippen LogP contribution in [0.5, 0.6) is 0 Å². The highest BCUT2D eigenvalue weighted by atomic mass is 16.6. The summed E-state index contributed by atoms with van der Waals surface area (Å²) in [5, 5.41) is 10.9. The summed E-state index contributed by atoms with van der Waals surface area (Å²) in [6.45, 7) is 0. The van der Waals surface area contributed by atoms with Crippen LogP contribution in [0, 0.1) is 10.1 Å². The Hall–Kier alpha value is -3.20. The van der Waals surface area contributed by atoms with Crippen LogP contribution in [0.1, 0.15) is 22.3 Å². The number of rotatable bonds is 3. The van der Waals surface area contributed by atoms with Gasteiger partial charge >= 0.3 is 0 Å². The molecule has 0 heterocycles. The molecule has 0 saturated carbocycles. The van der Waals surface area contributed by atoms with E-state index in [2.05, 4.69) is 30.3 Å². The first-order valence-electron chi connectivity index (χ1n) is 7.86. The van der Waals surface area contributed by atoms with Gasteiger partial charge < -0.3 is 0 Å². The minimum atomic E-state index is -0.362. The third-order valence-corrected chi connectivity index (χ3v) is 4.44. The fourth-order valence-electron chi connectivity index (χ4n) is 3.33. The van der Waals surface area contributed by atoms with Gasteiger partial charge in [-0.15, -0.1) is 0 Å². The fraction of sp³-hybridized carbons (Fsp3) is 0.0476. The molecule has 1 aliphatic rings. The first-order chi connectivity index (χ1) is 11.7. The third-order valence-electron chi connectivity index (χ3n) is 4.44. The number of non-ortho nitro benzene ring substituents is 1. The van der Waals surface area contributed by atoms with E-state index in [1.54, 1.807) is 12.1 Å². The Kier molecular flexibility index (Phi) is 3.47. The van der Waals surface area contributed by atoms with Gasteiger partial charge in [-0.2, -0.15) is 0 Å². The molecule has 0 spiro atoms. The van der Waals surface area contributed by atoms with Crippen molar-refractivity contribution >= 4 is 16.8 Å². The molecular formula is C21H15NO2. The van der Waals surface area contributed by atoms with Gasteiger partial charge in [-0.1, -0.05) is 54.6 Å². The number of nitro groups is 1. The van der Waals surface area contributed by atoms with Gasteiger partial charge in [-0.25, -0.2) is 0 Å². The standard InChI is InChI=1S/C21H15NO2/c23-22(24)18-12-10-16(11-13-18)21-19-9-5-4-8-17(19)14-20(21)15-6-2-1-3-7-15/h1-13H,14H2. The van der Waals surface area contributed by atoms with E-state index in [0.717, 1.165) is 12.0 Å². The van der Waals surface area contributed by atoms with Crippen LogP contribution in [0.25, 0.3) is 11.1 Å². The maximum atomic E-state index is 10.9. The van der Waals surface area contributed by atoms with E-state index in [4.69, 9.17) is 0 Å². The average Bonchev–Trinajstić information content (AvgIpc) is 3.02. The number of nitro benzene ring substituents is 1. The van der Waals surface area contributed by atoms with E-state index in [-0.39, 0.29) is 10.6 Å². The molecular weight excluding hydrogens is 298 g/mol. The summed E-state index contributed by atoms with van der Waals surface area (Å²) in [4.78, 5) is 10.5. The predicted octanol–water partition coefficient (Wildman–Crippen LogP) is 5.11. The van der Waals surface area contributed by atoms with Gasteiger partial charge in [0, 0.05) is 12.1 Å². The summed E-state index contributed by atoms with van der Waals surface area (Å²) < 4.78 is 0. The Morgan fingerprint density at radius 3 is 2.12 bits per heavy atom. The highest BCUT2D eigenvalue weighted by Gasteiger charge is 2.23. The monoisotopic (exact) mass is 313 g/mol. The lowest BCUT2D eigenvalue weighted by molar-refractivity contribution is -0.384. The molecule has 0 fully saturated rings. The number of hydrogen-bond donors (Lipinski definition) is 0. The smallest absolute Gasteiger partial charge is 0.258 e. The van der Waals surface area contributed by atoms with Gasteiger partial charge in [0.05, 0.1) is 4.92 Å². The average molecular weight is 313 g/mol. The second-order valence-corrected chi connectivity index (χ2v) is 5.86. The van der Waals surface area contributed by atoms with Gasteiger partial charge in [0.15, 0.2) is 0 Å². The van der Waals surface area contributed by atoms with Crippen molar-refractivity contribution < 1.29 is 4.92 Å². The van der Waals surface area contributed by atoms with Crippen molar-refractivity contribution in [2.75, 3.05) is 0 Å². The van der Waals surface area contributed by atoms with Crippen LogP contribution in [-0.4, -0.2) is 4.92 Å². The quantitative estimate of drug-likeness (QED) is 0.498. The first kappa shape index (κ1) is 14.4. The molecule has 116 valence electrons. The summed E-state index contributed by atoms with van der Waals surface area (Å²) in [7, 11) is 0. The van der Waals surface area contributed by atoms with Crippen molar-refractivity contribution in [1.82, 2.24) is 0 Å². The maximum Gasteiger partial charge on any atom is 0.269 e. The molecule has 0 bridgehead atoms. The minimum Gasteiger partial charge on any atom is -0.258 e. The SMILES string of the molecule is O=[N+]([O-])c1ccc(C2=C(c3ccccc3)Cc3ccccc32)cc1. The van der Waals surface area contributed by atoms with Crippen molar-refractivity contribution in [3.63, 3.8) is 0 Å². The Bertz CT molecular complexity index is 941. The molecule has 3 aromatic rings. The number of benzene rings is 3. The third kappa shape index (κ3) is 2.40. The largest absolute Gasteiger partial charge is 0.269 e. The molecule has 3 aromatic carbocycles. The fourth-order valence-corrected chi connectivity index (χ4v) is 3.33. The van der Waals surface area contributed by atoms with E-state index in [0.29, 0.717) is 0 Å². The van der Waals surface area contributed by atoms with Gasteiger partial charge in [0.25, 0.3) is 5.69 Å². The Balaban J connectivity index is 1.90. The normalized spacial score (nSPS) is 13.0. The molecule has 1 aliphatic carbocycles. The summed E-state index contributed by atoms with van der Waals surface area (Å²) in [5.41, 5.74) is 7.28. The topological polar surface area (TPSA) is 43.1 Å². The number of hydrogen-bond acceptors (Lipinski definition) is 2. The van der Waals surface area contributed by atoms with Crippen LogP contribution in [0.15, 0.2) is 78.9 Å². The van der Waals surface area contributed by atoms with Crippen molar-refractivity contribution in [3.8, 4) is 0 Å². The zero-order valence-electron chi connectivity index (χ0n) is 13.0. The second-order valence-electron chi connectivity index (χ2n) is 5.86. The van der Waals surface area contributed by atoms with Crippen molar-refractivity contribution in [1.29, 1.82) is 0 Å². The zero-order valence-corrected chi connectivity index (χ0v) is 13.0. The highest BCUT2D eigenvalue weighted by molar-refractivity contribution is 6.03. The van der Waals surface area contributed by atoms with Crippen LogP contribution < -0.4 is 0 Å². The molecule has 0 saturated heterocycles. The maximum absolute atomic E-state index is 10.9. The van der Waals surface area contributed by atoms with Crippen LogP contribution in [-0.2, 0) is 6.42 Å². The van der Waals surface area contributed by atoms with Crippen molar-refractivity contribution in [2.45, 2.75) is 6.42 Å². The van der Waals surface area contributed by atoms with Crippen LogP contribution in [0.3, 0.4) is 0 Å². The predicted molar refractivity (Wildman–Crippen MR) is 95.6 cm³/mol. The van der Waals surface area contributed by atoms with Crippen LogP contribution >= 0.6 is 0 Å². The summed E-state index contributed by atoms with van der Waals surface area (Å²) >= 11 is 0. The first-order valence-corrected chi connectivity index (χ1v) is 7.86. The minimum absolute atomic E-state index is 0.117. The molecule has 24 heavy (non-hydrogen) atoms. The van der Waals surface area contributed by atoms with E-state index in [9.17, 15) is 10.1 Å². The molecule has 3 heteroatoms. The Morgan fingerprint density at radius 1 is 0.750 bits per heavy atom. The lowest BCUT2D eigenvalue weighted by Gasteiger charge is -2.09. The van der Waals surface area contributed by atoms with E-state index in [1.807, 2.05) is 36.4 Å². The van der Waals surface area contributed by atoms with Crippen LogP contribution in [0.2, 0.25) is 0 Å². The molecule has 0 atom stereocenters. The van der Waals surface area contributed by atoms with E-state index < -0.39 is 0 Å². The van der Waals surface area contributed by atoms with Gasteiger partial charge in [0.2, 0.25) is 0 Å². The highest BCUT2D eigenvalue weighted by Crippen LogP contribution is 2.42. The van der Waals surface area contributed by atoms with Gasteiger partial charge in [-0.3, -0.25) is 10.1 Å². The molecule has 3 nitrogen and oxygen atoms in total. The van der Waals surface area contributed by atoms with Gasteiger partial charge in [0.1, 0.15) is 0 Å². The number of fused-ring (bicyclic) bond motifs is 1. The molecule has 0 radical (unpaired) electrons. The lowest BCUT2D eigenvalue weighted by atomic mass is 9.94.